The summed E-state index contributed by atoms with van der Waals surface area (Å²) < 4.78 is 34.5. The molecule has 0 saturated heterocycles. The summed E-state index contributed by atoms with van der Waals surface area (Å²) in [7, 11) is -3.42. The van der Waals surface area contributed by atoms with Crippen molar-refractivity contribution in [2.75, 3.05) is 6.61 Å². The van der Waals surface area contributed by atoms with Crippen molar-refractivity contribution in [2.45, 2.75) is 24.5 Å². The first-order valence-corrected chi connectivity index (χ1v) is 7.54. The fourth-order valence-electron chi connectivity index (χ4n) is 1.66. The molecule has 0 amide bonds. The highest BCUT2D eigenvalue weighted by Gasteiger charge is 2.18. The molecule has 1 heterocycles. The Morgan fingerprint density at radius 2 is 1.95 bits per heavy atom. The number of ether oxygens (including phenoxy) is 1. The van der Waals surface area contributed by atoms with Crippen molar-refractivity contribution in [3.8, 4) is 5.75 Å². The third kappa shape index (κ3) is 3.35. The zero-order valence-electron chi connectivity index (χ0n) is 10.8. The van der Waals surface area contributed by atoms with Crippen LogP contribution in [0.5, 0.6) is 5.75 Å². The van der Waals surface area contributed by atoms with Crippen LogP contribution < -0.4 is 4.74 Å². The molecular weight excluding hydrogens is 266 g/mol. The maximum atomic E-state index is 12.2. The Labute approximate surface area is 112 Å². The Kier molecular flexibility index (Phi) is 3.90. The number of aryl methyl sites for hydroxylation is 1. The Balaban J connectivity index is 2.19. The van der Waals surface area contributed by atoms with Crippen molar-refractivity contribution < 1.29 is 17.7 Å². The summed E-state index contributed by atoms with van der Waals surface area (Å²) in [6.45, 7) is 4.16. The van der Waals surface area contributed by atoms with Crippen LogP contribution >= 0.6 is 0 Å². The Hall–Kier alpha value is -1.82. The van der Waals surface area contributed by atoms with Gasteiger partial charge in [0, 0.05) is 6.07 Å². The molecule has 0 radical (unpaired) electrons. The molecule has 0 bridgehead atoms. The molecule has 2 rings (SSSR count). The number of aromatic nitrogens is 1. The predicted octanol–water partition coefficient (Wildman–Crippen LogP) is 2.36. The van der Waals surface area contributed by atoms with Crippen molar-refractivity contribution in [2.24, 2.45) is 0 Å². The molecule has 0 saturated carbocycles. The highest BCUT2D eigenvalue weighted by atomic mass is 32.2. The molecule has 0 aliphatic rings. The average Bonchev–Trinajstić information content (AvgIpc) is 2.75. The molecule has 102 valence electrons. The lowest BCUT2D eigenvalue weighted by atomic mass is 10.3. The SMILES string of the molecule is CCOc1ccc(S(=O)(=O)Cc2cc(C)no2)cc1. The molecule has 6 heteroatoms. The van der Waals surface area contributed by atoms with E-state index in [9.17, 15) is 8.42 Å². The summed E-state index contributed by atoms with van der Waals surface area (Å²) in [5.74, 6) is 0.797. The molecule has 0 atom stereocenters. The van der Waals surface area contributed by atoms with Crippen molar-refractivity contribution in [3.63, 3.8) is 0 Å². The van der Waals surface area contributed by atoms with Crippen molar-refractivity contribution in [3.05, 3.63) is 41.8 Å². The minimum atomic E-state index is -3.42. The molecule has 0 unspecified atom stereocenters. The summed E-state index contributed by atoms with van der Waals surface area (Å²) in [5, 5.41) is 3.67. The van der Waals surface area contributed by atoms with Crippen LogP contribution in [0.3, 0.4) is 0 Å². The van der Waals surface area contributed by atoms with Gasteiger partial charge in [-0.25, -0.2) is 8.42 Å². The van der Waals surface area contributed by atoms with Gasteiger partial charge in [0.15, 0.2) is 15.6 Å². The van der Waals surface area contributed by atoms with Gasteiger partial charge in [-0.2, -0.15) is 0 Å². The largest absolute Gasteiger partial charge is 0.494 e. The quantitative estimate of drug-likeness (QED) is 0.841. The standard InChI is InChI=1S/C13H15NO4S/c1-3-17-11-4-6-13(7-5-11)19(15,16)9-12-8-10(2)14-18-12/h4-8H,3,9H2,1-2H3. The number of benzene rings is 1. The topological polar surface area (TPSA) is 69.4 Å². The van der Waals surface area contributed by atoms with E-state index < -0.39 is 9.84 Å². The van der Waals surface area contributed by atoms with Gasteiger partial charge < -0.3 is 9.26 Å². The van der Waals surface area contributed by atoms with E-state index in [4.69, 9.17) is 9.26 Å². The van der Waals surface area contributed by atoms with Crippen molar-refractivity contribution >= 4 is 9.84 Å². The minimum absolute atomic E-state index is 0.193. The van der Waals surface area contributed by atoms with Crippen LogP contribution in [-0.2, 0) is 15.6 Å². The number of rotatable bonds is 5. The first-order valence-electron chi connectivity index (χ1n) is 5.89. The fourth-order valence-corrected chi connectivity index (χ4v) is 2.89. The Bertz CT molecular complexity index is 644. The number of sulfone groups is 1. The molecule has 19 heavy (non-hydrogen) atoms. The number of hydrogen-bond donors (Lipinski definition) is 0. The molecule has 0 aliphatic carbocycles. The monoisotopic (exact) mass is 281 g/mol. The molecule has 1 aromatic heterocycles. The van der Waals surface area contributed by atoms with E-state index in [1.54, 1.807) is 25.1 Å². The lowest BCUT2D eigenvalue weighted by Gasteiger charge is -2.05. The van der Waals surface area contributed by atoms with Crippen LogP contribution in [0, 0.1) is 6.92 Å². The van der Waals surface area contributed by atoms with Gasteiger partial charge in [0.05, 0.1) is 17.2 Å². The van der Waals surface area contributed by atoms with E-state index in [0.717, 1.165) is 0 Å². The maximum Gasteiger partial charge on any atom is 0.185 e. The van der Waals surface area contributed by atoms with E-state index in [1.807, 2.05) is 6.92 Å². The summed E-state index contributed by atoms with van der Waals surface area (Å²) in [4.78, 5) is 0.241. The van der Waals surface area contributed by atoms with Gasteiger partial charge in [-0.15, -0.1) is 0 Å². The highest BCUT2D eigenvalue weighted by molar-refractivity contribution is 7.90. The Morgan fingerprint density at radius 1 is 1.26 bits per heavy atom. The van der Waals surface area contributed by atoms with Crippen LogP contribution in [0.1, 0.15) is 18.4 Å². The van der Waals surface area contributed by atoms with Crippen LogP contribution in [0.15, 0.2) is 39.8 Å². The second-order valence-corrected chi connectivity index (χ2v) is 6.09. The Morgan fingerprint density at radius 3 is 2.47 bits per heavy atom. The average molecular weight is 281 g/mol. The second-order valence-electron chi connectivity index (χ2n) is 4.10. The van der Waals surface area contributed by atoms with Gasteiger partial charge in [0.25, 0.3) is 0 Å². The predicted molar refractivity (Wildman–Crippen MR) is 69.7 cm³/mol. The van der Waals surface area contributed by atoms with Crippen LogP contribution in [0.2, 0.25) is 0 Å². The van der Waals surface area contributed by atoms with E-state index in [-0.39, 0.29) is 10.6 Å². The molecule has 0 fully saturated rings. The highest BCUT2D eigenvalue weighted by Crippen LogP contribution is 2.20. The second kappa shape index (κ2) is 5.44. The number of nitrogens with zero attached hydrogens (tertiary/aromatic N) is 1. The zero-order valence-corrected chi connectivity index (χ0v) is 11.6. The third-order valence-corrected chi connectivity index (χ3v) is 4.16. The van der Waals surface area contributed by atoms with E-state index in [1.165, 1.54) is 12.1 Å². The maximum absolute atomic E-state index is 12.2. The van der Waals surface area contributed by atoms with E-state index >= 15 is 0 Å². The first kappa shape index (κ1) is 13.6. The molecule has 0 spiro atoms. The lowest BCUT2D eigenvalue weighted by molar-refractivity contribution is 0.340. The summed E-state index contributed by atoms with van der Waals surface area (Å²) in [6.07, 6.45) is 0. The van der Waals surface area contributed by atoms with Gasteiger partial charge in [-0.1, -0.05) is 5.16 Å². The normalized spacial score (nSPS) is 11.5. The summed E-state index contributed by atoms with van der Waals surface area (Å²) in [6, 6.07) is 7.96. The lowest BCUT2D eigenvalue weighted by Crippen LogP contribution is -2.04. The van der Waals surface area contributed by atoms with Crippen molar-refractivity contribution in [1.82, 2.24) is 5.16 Å². The van der Waals surface area contributed by atoms with Crippen LogP contribution in [0.4, 0.5) is 0 Å². The smallest absolute Gasteiger partial charge is 0.185 e. The molecule has 2 aromatic rings. The van der Waals surface area contributed by atoms with E-state index in [2.05, 4.69) is 5.16 Å². The summed E-state index contributed by atoms with van der Waals surface area (Å²) >= 11 is 0. The van der Waals surface area contributed by atoms with Crippen LogP contribution in [-0.4, -0.2) is 20.2 Å². The molecule has 0 aliphatic heterocycles. The summed E-state index contributed by atoms with van der Waals surface area (Å²) in [5.41, 5.74) is 0.664. The van der Waals surface area contributed by atoms with Crippen LogP contribution in [0.25, 0.3) is 0 Å². The van der Waals surface area contributed by atoms with Gasteiger partial charge >= 0.3 is 0 Å². The van der Waals surface area contributed by atoms with Gasteiger partial charge in [0.1, 0.15) is 11.5 Å². The minimum Gasteiger partial charge on any atom is -0.494 e. The van der Waals surface area contributed by atoms with Gasteiger partial charge in [0.2, 0.25) is 0 Å². The third-order valence-electron chi connectivity index (χ3n) is 2.50. The molecule has 5 nitrogen and oxygen atoms in total. The van der Waals surface area contributed by atoms with Gasteiger partial charge in [-0.3, -0.25) is 0 Å². The molecular formula is C13H15NO4S. The van der Waals surface area contributed by atoms with E-state index in [0.29, 0.717) is 23.8 Å². The zero-order chi connectivity index (χ0) is 13.9. The van der Waals surface area contributed by atoms with Crippen molar-refractivity contribution in [1.29, 1.82) is 0 Å². The molecule has 0 N–H and O–H groups in total. The van der Waals surface area contributed by atoms with Gasteiger partial charge in [-0.05, 0) is 38.1 Å². The molecule has 1 aromatic carbocycles. The fraction of sp³-hybridized carbons (Fsp3) is 0.308. The first-order chi connectivity index (χ1) is 9.01. The number of hydrogen-bond acceptors (Lipinski definition) is 5.